The molecule has 1 aromatic carbocycles. The second kappa shape index (κ2) is 7.51. The van der Waals surface area contributed by atoms with E-state index >= 15 is 0 Å². The van der Waals surface area contributed by atoms with Gasteiger partial charge in [0.2, 0.25) is 0 Å². The number of hydrogen-bond acceptors (Lipinski definition) is 5. The molecule has 1 saturated heterocycles. The highest BCUT2D eigenvalue weighted by Crippen LogP contribution is 2.35. The topological polar surface area (TPSA) is 66.8 Å². The number of thioether (sulfide) groups is 1. The van der Waals surface area contributed by atoms with E-state index in [1.807, 2.05) is 0 Å². The van der Waals surface area contributed by atoms with Crippen LogP contribution in [-0.4, -0.2) is 30.9 Å². The third-order valence-corrected chi connectivity index (χ3v) is 7.48. The monoisotopic (exact) mass is 430 g/mol. The molecular weight excluding hydrogens is 419 g/mol. The van der Waals surface area contributed by atoms with Crippen molar-refractivity contribution in [3.8, 4) is 0 Å². The summed E-state index contributed by atoms with van der Waals surface area (Å²) >= 11 is 7.56. The number of likely N-dealkylation sites (N-methyl/N-ethyl adjacent to an activating group) is 1. The standard InChI is InChI=1S/C16H12ClFN2O3S3/c1-2-20-15(21)12(9-10-5-3-4-6-11(10)18)24-16(20)19-26(22,23)14-8-7-13(17)25-14/h3-9H,2H2,1H3. The van der Waals surface area contributed by atoms with Gasteiger partial charge >= 0.3 is 0 Å². The molecule has 2 heterocycles. The van der Waals surface area contributed by atoms with E-state index in [4.69, 9.17) is 11.6 Å². The first kappa shape index (κ1) is 19.1. The fraction of sp³-hybridized carbons (Fsp3) is 0.125. The van der Waals surface area contributed by atoms with Gasteiger partial charge in [0.25, 0.3) is 15.9 Å². The van der Waals surface area contributed by atoms with Crippen molar-refractivity contribution >= 4 is 61.9 Å². The Labute approximate surface area is 163 Å². The highest BCUT2D eigenvalue weighted by Gasteiger charge is 2.34. The Morgan fingerprint density at radius 1 is 1.27 bits per heavy atom. The molecule has 10 heteroatoms. The Bertz CT molecular complexity index is 1030. The zero-order chi connectivity index (χ0) is 18.9. The van der Waals surface area contributed by atoms with Gasteiger partial charge in [-0.05, 0) is 43.0 Å². The number of amides is 1. The maximum atomic E-state index is 13.8. The van der Waals surface area contributed by atoms with Gasteiger partial charge in [0.05, 0.1) is 9.24 Å². The maximum absolute atomic E-state index is 13.8. The highest BCUT2D eigenvalue weighted by molar-refractivity contribution is 8.19. The van der Waals surface area contributed by atoms with Crippen molar-refractivity contribution in [3.63, 3.8) is 0 Å². The van der Waals surface area contributed by atoms with Gasteiger partial charge in [0.15, 0.2) is 5.17 Å². The summed E-state index contributed by atoms with van der Waals surface area (Å²) in [6.07, 6.45) is 1.39. The molecule has 3 rings (SSSR count). The van der Waals surface area contributed by atoms with Gasteiger partial charge in [-0.15, -0.1) is 15.7 Å². The highest BCUT2D eigenvalue weighted by atomic mass is 35.5. The predicted molar refractivity (Wildman–Crippen MR) is 103 cm³/mol. The number of benzene rings is 1. The fourth-order valence-electron chi connectivity index (χ4n) is 2.17. The van der Waals surface area contributed by atoms with E-state index in [1.54, 1.807) is 19.1 Å². The predicted octanol–water partition coefficient (Wildman–Crippen LogP) is 4.22. The van der Waals surface area contributed by atoms with E-state index in [0.29, 0.717) is 4.34 Å². The number of hydrogen-bond donors (Lipinski definition) is 0. The molecule has 0 saturated carbocycles. The normalized spacial score (nSPS) is 18.3. The van der Waals surface area contributed by atoms with Gasteiger partial charge < -0.3 is 0 Å². The summed E-state index contributed by atoms with van der Waals surface area (Å²) in [7, 11) is -3.99. The first-order chi connectivity index (χ1) is 12.3. The molecule has 1 fully saturated rings. The van der Waals surface area contributed by atoms with Gasteiger partial charge in [-0.2, -0.15) is 8.42 Å². The van der Waals surface area contributed by atoms with Crippen molar-refractivity contribution in [1.29, 1.82) is 0 Å². The smallest absolute Gasteiger partial charge is 0.286 e. The Hall–Kier alpha value is -1.68. The summed E-state index contributed by atoms with van der Waals surface area (Å²) in [5.41, 5.74) is 0.244. The molecule has 5 nitrogen and oxygen atoms in total. The Kier molecular flexibility index (Phi) is 5.52. The molecule has 0 bridgehead atoms. The van der Waals surface area contributed by atoms with Crippen LogP contribution in [0.1, 0.15) is 12.5 Å². The van der Waals surface area contributed by atoms with Crippen molar-refractivity contribution in [2.24, 2.45) is 4.40 Å². The Balaban J connectivity index is 1.99. The molecule has 1 aliphatic rings. The second-order valence-electron chi connectivity index (χ2n) is 5.09. The molecule has 26 heavy (non-hydrogen) atoms. The lowest BCUT2D eigenvalue weighted by atomic mass is 10.2. The van der Waals surface area contributed by atoms with Crippen LogP contribution in [0.4, 0.5) is 4.39 Å². The van der Waals surface area contributed by atoms with Crippen LogP contribution in [0.2, 0.25) is 4.34 Å². The van der Waals surface area contributed by atoms with E-state index in [9.17, 15) is 17.6 Å². The molecule has 2 aromatic rings. The minimum atomic E-state index is -3.99. The van der Waals surface area contributed by atoms with E-state index in [2.05, 4.69) is 4.40 Å². The number of rotatable bonds is 4. The third-order valence-electron chi connectivity index (χ3n) is 3.40. The number of thiophene rings is 1. The van der Waals surface area contributed by atoms with Crippen molar-refractivity contribution in [2.45, 2.75) is 11.1 Å². The maximum Gasteiger partial charge on any atom is 0.294 e. The lowest BCUT2D eigenvalue weighted by molar-refractivity contribution is -0.122. The largest absolute Gasteiger partial charge is 0.294 e. The average molecular weight is 431 g/mol. The molecule has 1 aromatic heterocycles. The molecule has 0 radical (unpaired) electrons. The molecule has 0 N–H and O–H groups in total. The minimum Gasteiger partial charge on any atom is -0.286 e. The number of carbonyl (C=O) groups excluding carboxylic acids is 1. The number of sulfonamides is 1. The number of nitrogens with zero attached hydrogens (tertiary/aromatic N) is 2. The quantitative estimate of drug-likeness (QED) is 0.681. The lowest BCUT2D eigenvalue weighted by Gasteiger charge is -2.11. The molecular formula is C16H12ClFN2O3S3. The summed E-state index contributed by atoms with van der Waals surface area (Å²) in [6, 6.07) is 8.84. The van der Waals surface area contributed by atoms with Gasteiger partial charge in [-0.25, -0.2) is 4.39 Å². The molecule has 1 aliphatic heterocycles. The van der Waals surface area contributed by atoms with Gasteiger partial charge in [-0.3, -0.25) is 9.69 Å². The van der Waals surface area contributed by atoms with Gasteiger partial charge in [-0.1, -0.05) is 29.8 Å². The van der Waals surface area contributed by atoms with Crippen molar-refractivity contribution < 1.29 is 17.6 Å². The van der Waals surface area contributed by atoms with Crippen LogP contribution < -0.4 is 0 Å². The van der Waals surface area contributed by atoms with Crippen LogP contribution in [0.15, 0.2) is 49.9 Å². The fourth-order valence-corrected chi connectivity index (χ4v) is 5.87. The third kappa shape index (κ3) is 3.85. The van der Waals surface area contributed by atoms with E-state index < -0.39 is 21.7 Å². The van der Waals surface area contributed by atoms with Crippen LogP contribution in [0.3, 0.4) is 0 Å². The molecule has 0 aliphatic carbocycles. The number of carbonyl (C=O) groups is 1. The average Bonchev–Trinajstić information content (AvgIpc) is 3.14. The second-order valence-corrected chi connectivity index (χ2v) is 9.64. The number of amidine groups is 1. The van der Waals surface area contributed by atoms with Crippen molar-refractivity contribution in [2.75, 3.05) is 6.54 Å². The molecule has 0 unspecified atom stereocenters. The summed E-state index contributed by atoms with van der Waals surface area (Å²) < 4.78 is 42.8. The van der Waals surface area contributed by atoms with Crippen LogP contribution in [-0.2, 0) is 14.8 Å². The summed E-state index contributed by atoms with van der Waals surface area (Å²) in [6.45, 7) is 1.94. The van der Waals surface area contributed by atoms with Crippen LogP contribution in [0, 0.1) is 5.82 Å². The van der Waals surface area contributed by atoms with E-state index in [-0.39, 0.29) is 26.4 Å². The summed E-state index contributed by atoms with van der Waals surface area (Å²) in [5.74, 6) is -0.887. The summed E-state index contributed by atoms with van der Waals surface area (Å²) in [5, 5.41) is 0.0320. The molecule has 136 valence electrons. The number of halogens is 2. The van der Waals surface area contributed by atoms with Crippen molar-refractivity contribution in [1.82, 2.24) is 4.90 Å². The molecule has 1 amide bonds. The first-order valence-electron chi connectivity index (χ1n) is 7.38. The lowest BCUT2D eigenvalue weighted by Crippen LogP contribution is -2.29. The van der Waals surface area contributed by atoms with Crippen LogP contribution >= 0.6 is 34.7 Å². The zero-order valence-electron chi connectivity index (χ0n) is 13.3. The van der Waals surface area contributed by atoms with Gasteiger partial charge in [0, 0.05) is 12.1 Å². The van der Waals surface area contributed by atoms with E-state index in [1.165, 1.54) is 35.2 Å². The minimum absolute atomic E-state index is 0.00867. The molecule has 0 spiro atoms. The van der Waals surface area contributed by atoms with E-state index in [0.717, 1.165) is 23.1 Å². The van der Waals surface area contributed by atoms with Gasteiger partial charge in [0.1, 0.15) is 10.0 Å². The SMILES string of the molecule is CCN1C(=O)C(=Cc2ccccc2F)SC1=NS(=O)(=O)c1ccc(Cl)s1. The summed E-state index contributed by atoms with van der Waals surface area (Å²) in [4.78, 5) is 14.0. The first-order valence-corrected chi connectivity index (χ1v) is 10.8. The Morgan fingerprint density at radius 2 is 2.00 bits per heavy atom. The molecule has 0 atom stereocenters. The Morgan fingerprint density at radius 3 is 2.62 bits per heavy atom. The van der Waals surface area contributed by atoms with Crippen molar-refractivity contribution in [3.05, 3.63) is 57.0 Å². The van der Waals surface area contributed by atoms with Crippen LogP contribution in [0.5, 0.6) is 0 Å². The van der Waals surface area contributed by atoms with Crippen LogP contribution in [0.25, 0.3) is 6.08 Å². The zero-order valence-corrected chi connectivity index (χ0v) is 16.6.